The van der Waals surface area contributed by atoms with Crippen LogP contribution < -0.4 is 0 Å². The van der Waals surface area contributed by atoms with Gasteiger partial charge in [0.1, 0.15) is 0 Å². The van der Waals surface area contributed by atoms with Crippen molar-refractivity contribution in [3.8, 4) is 39.9 Å². The Morgan fingerprint density at radius 3 is 1.66 bits per heavy atom. The van der Waals surface area contributed by atoms with Crippen molar-refractivity contribution in [3.63, 3.8) is 0 Å². The lowest BCUT2D eigenvalue weighted by Crippen LogP contribution is -2.01. The minimum atomic E-state index is 0.634. The van der Waals surface area contributed by atoms with Crippen LogP contribution in [0.1, 0.15) is 0 Å². The molecule has 0 aliphatic heterocycles. The predicted molar refractivity (Wildman–Crippen MR) is 256 cm³/mol. The van der Waals surface area contributed by atoms with E-state index < -0.39 is 0 Å². The van der Waals surface area contributed by atoms with Gasteiger partial charge in [-0.25, -0.2) is 15.0 Å². The highest BCUT2D eigenvalue weighted by atomic mass is 32.1. The summed E-state index contributed by atoms with van der Waals surface area (Å²) in [6.45, 7) is 0. The van der Waals surface area contributed by atoms with Crippen LogP contribution in [0.3, 0.4) is 0 Å². The van der Waals surface area contributed by atoms with Gasteiger partial charge in [-0.1, -0.05) is 140 Å². The van der Waals surface area contributed by atoms with E-state index in [0.29, 0.717) is 17.5 Å². The largest absolute Gasteiger partial charge is 0.308 e. The molecule has 5 heterocycles. The molecule has 0 fully saturated rings. The number of nitrogens with zero attached hydrogens (tertiary/aromatic N) is 5. The number of hydrogen-bond donors (Lipinski definition) is 0. The first kappa shape index (κ1) is 33.0. The van der Waals surface area contributed by atoms with Gasteiger partial charge in [0.2, 0.25) is 0 Å². The van der Waals surface area contributed by atoms with Crippen LogP contribution in [-0.2, 0) is 0 Å². The van der Waals surface area contributed by atoms with Crippen LogP contribution in [0.15, 0.2) is 188 Å². The molecule has 14 rings (SSSR count). The van der Waals surface area contributed by atoms with Gasteiger partial charge in [-0.3, -0.25) is 0 Å². The van der Waals surface area contributed by atoms with Gasteiger partial charge in [0.15, 0.2) is 17.5 Å². The topological polar surface area (TPSA) is 48.0 Å². The van der Waals surface area contributed by atoms with Crippen molar-refractivity contribution in [2.45, 2.75) is 0 Å². The molecule has 0 N–H and O–H groups in total. The Hall–Kier alpha value is -7.93. The Morgan fingerprint density at radius 1 is 0.344 bits per heavy atom. The third kappa shape index (κ3) is 4.68. The molecule has 0 saturated carbocycles. The Balaban J connectivity index is 1.14. The minimum Gasteiger partial charge on any atom is -0.308 e. The zero-order valence-electron chi connectivity index (χ0n) is 32.5. The molecule has 0 radical (unpaired) electrons. The highest BCUT2D eigenvalue weighted by Crippen LogP contribution is 2.46. The molecule has 282 valence electrons. The average molecular weight is 794 g/mol. The summed E-state index contributed by atoms with van der Waals surface area (Å²) in [7, 11) is 0. The molecule has 0 amide bonds. The third-order valence-corrected chi connectivity index (χ3v) is 13.8. The number of aromatic nitrogens is 5. The molecule has 0 saturated heterocycles. The van der Waals surface area contributed by atoms with Crippen LogP contribution in [0.5, 0.6) is 0 Å². The summed E-state index contributed by atoms with van der Waals surface area (Å²) < 4.78 is 7.46. The number of para-hydroxylation sites is 2. The number of rotatable bonds is 4. The second kappa shape index (κ2) is 12.3. The summed E-state index contributed by atoms with van der Waals surface area (Å²) >= 11 is 1.85. The lowest BCUT2D eigenvalue weighted by Gasteiger charge is -2.14. The zero-order valence-corrected chi connectivity index (χ0v) is 33.4. The van der Waals surface area contributed by atoms with Gasteiger partial charge < -0.3 is 8.97 Å². The lowest BCUT2D eigenvalue weighted by atomic mass is 10.0. The normalized spacial score (nSPS) is 12.3. The maximum Gasteiger partial charge on any atom is 0.164 e. The summed E-state index contributed by atoms with van der Waals surface area (Å²) in [5, 5.41) is 12.4. The van der Waals surface area contributed by atoms with Crippen molar-refractivity contribution >= 4 is 102 Å². The number of fused-ring (bicyclic) bond motifs is 13. The van der Waals surface area contributed by atoms with Crippen LogP contribution in [-0.4, -0.2) is 23.9 Å². The molecule has 0 spiro atoms. The van der Waals surface area contributed by atoms with E-state index in [-0.39, 0.29) is 0 Å². The summed E-state index contributed by atoms with van der Waals surface area (Å²) in [6.07, 6.45) is 0. The highest BCUT2D eigenvalue weighted by molar-refractivity contribution is 7.26. The quantitative estimate of drug-likeness (QED) is 0.178. The molecule has 0 aliphatic rings. The van der Waals surface area contributed by atoms with E-state index in [9.17, 15) is 0 Å². The first-order chi connectivity index (χ1) is 30.2. The fourth-order valence-electron chi connectivity index (χ4n) is 9.92. The highest BCUT2D eigenvalue weighted by Gasteiger charge is 2.24. The number of hydrogen-bond acceptors (Lipinski definition) is 4. The van der Waals surface area contributed by atoms with E-state index in [2.05, 4.69) is 161 Å². The van der Waals surface area contributed by atoms with E-state index in [1.165, 1.54) is 79.8 Å². The summed E-state index contributed by atoms with van der Waals surface area (Å²) in [6, 6.07) is 67.7. The van der Waals surface area contributed by atoms with Crippen molar-refractivity contribution in [2.75, 3.05) is 0 Å². The average Bonchev–Trinajstić information content (AvgIpc) is 4.06. The SMILES string of the molecule is c1ccc(-c2nc(-c3ccccc3)nc(-c3cc(-n4c5cc6ccccc6cc5c5cc6c7cccc8c9ccccc9n(c6cc54)c87)c4sc5ccccc5c4c3)n2)cc1. The predicted octanol–water partition coefficient (Wildman–Crippen LogP) is 14.6. The van der Waals surface area contributed by atoms with Gasteiger partial charge in [0, 0.05) is 64.5 Å². The van der Waals surface area contributed by atoms with Gasteiger partial charge in [0.05, 0.1) is 38.0 Å². The van der Waals surface area contributed by atoms with E-state index in [0.717, 1.165) is 33.4 Å². The van der Waals surface area contributed by atoms with Gasteiger partial charge in [-0.05, 0) is 59.3 Å². The Kier molecular flexibility index (Phi) is 6.65. The molecule has 5 aromatic heterocycles. The first-order valence-corrected chi connectivity index (χ1v) is 21.4. The molecule has 14 aromatic rings. The van der Waals surface area contributed by atoms with Crippen LogP contribution in [0.2, 0.25) is 0 Å². The molecule has 6 heteroatoms. The second-order valence-corrected chi connectivity index (χ2v) is 17.1. The van der Waals surface area contributed by atoms with Crippen LogP contribution >= 0.6 is 11.3 Å². The maximum atomic E-state index is 5.24. The standard InChI is InChI=1S/C55H31N5S/c1-3-14-32(15-4-1)53-56-54(33-16-5-2-6-17-33)58-55(57-53)36-27-44-38-21-10-12-25-50(38)61-52(44)49(29-36)59-46-28-35-19-8-7-18-34(35)26-41(46)43-30-42-40-23-13-22-39-37-20-9-11-24-45(37)60(51(39)40)48(42)31-47(43)59/h1-31H. The van der Waals surface area contributed by atoms with Crippen molar-refractivity contribution in [3.05, 3.63) is 188 Å². The van der Waals surface area contributed by atoms with Crippen LogP contribution in [0.4, 0.5) is 0 Å². The Bertz CT molecular complexity index is 4050. The molecular formula is C55H31N5S. The van der Waals surface area contributed by atoms with Crippen LogP contribution in [0, 0.1) is 0 Å². The first-order valence-electron chi connectivity index (χ1n) is 20.6. The molecule has 0 atom stereocenters. The minimum absolute atomic E-state index is 0.634. The Labute approximate surface area is 352 Å². The van der Waals surface area contributed by atoms with Crippen molar-refractivity contribution in [1.29, 1.82) is 0 Å². The molecule has 0 aliphatic carbocycles. The van der Waals surface area contributed by atoms with Crippen molar-refractivity contribution in [1.82, 2.24) is 23.9 Å². The summed E-state index contributed by atoms with van der Waals surface area (Å²) in [5.41, 5.74) is 9.95. The van der Waals surface area contributed by atoms with Gasteiger partial charge in [0.25, 0.3) is 0 Å². The fraction of sp³-hybridized carbons (Fsp3) is 0. The molecule has 0 bridgehead atoms. The molecule has 0 unspecified atom stereocenters. The van der Waals surface area contributed by atoms with Gasteiger partial charge in [-0.15, -0.1) is 11.3 Å². The maximum absolute atomic E-state index is 5.24. The second-order valence-electron chi connectivity index (χ2n) is 16.0. The summed E-state index contributed by atoms with van der Waals surface area (Å²) in [4.78, 5) is 15.5. The van der Waals surface area contributed by atoms with Crippen molar-refractivity contribution in [2.24, 2.45) is 0 Å². The molecule has 9 aromatic carbocycles. The monoisotopic (exact) mass is 793 g/mol. The van der Waals surface area contributed by atoms with E-state index in [4.69, 9.17) is 15.0 Å². The zero-order chi connectivity index (χ0) is 39.8. The number of benzene rings is 9. The smallest absolute Gasteiger partial charge is 0.164 e. The third-order valence-electron chi connectivity index (χ3n) is 12.6. The molecule has 5 nitrogen and oxygen atoms in total. The number of thiophene rings is 1. The van der Waals surface area contributed by atoms with Crippen molar-refractivity contribution < 1.29 is 0 Å². The van der Waals surface area contributed by atoms with E-state index in [1.54, 1.807) is 0 Å². The molecule has 61 heavy (non-hydrogen) atoms. The Morgan fingerprint density at radius 2 is 0.902 bits per heavy atom. The van der Waals surface area contributed by atoms with E-state index >= 15 is 0 Å². The van der Waals surface area contributed by atoms with Gasteiger partial charge in [-0.2, -0.15) is 0 Å². The molecular weight excluding hydrogens is 763 g/mol. The summed E-state index contributed by atoms with van der Waals surface area (Å²) in [5.74, 6) is 1.92. The lowest BCUT2D eigenvalue weighted by molar-refractivity contribution is 1.07. The van der Waals surface area contributed by atoms with Gasteiger partial charge >= 0.3 is 0 Å². The fourth-order valence-corrected chi connectivity index (χ4v) is 11.1. The van der Waals surface area contributed by atoms with E-state index in [1.807, 2.05) is 47.7 Å². The van der Waals surface area contributed by atoms with Crippen LogP contribution in [0.25, 0.3) is 131 Å².